The molecule has 0 aliphatic rings. The Morgan fingerprint density at radius 2 is 1.47 bits per heavy atom. The highest BCUT2D eigenvalue weighted by molar-refractivity contribution is 5.87. The maximum atomic E-state index is 14.0. The standard InChI is InChI=1S/C25H14F3N5O/c26-25(27,28)21-13-19(18-11-10-15-6-4-5-9-17(15)12-18)29-22-14-20(31-33(21)22)24-30-23(32-34-24)16-7-2-1-3-8-16/h1-14H. The van der Waals surface area contributed by atoms with Crippen molar-refractivity contribution in [2.24, 2.45) is 0 Å². The van der Waals surface area contributed by atoms with Crippen LogP contribution in [0.2, 0.25) is 0 Å². The molecular formula is C25H14F3N5O. The van der Waals surface area contributed by atoms with E-state index in [0.29, 0.717) is 17.0 Å². The average molecular weight is 457 g/mol. The Labute approximate surface area is 190 Å². The summed E-state index contributed by atoms with van der Waals surface area (Å²) in [6, 6.07) is 24.6. The Hall–Kier alpha value is -4.53. The zero-order valence-corrected chi connectivity index (χ0v) is 17.4. The highest BCUT2D eigenvalue weighted by Gasteiger charge is 2.35. The van der Waals surface area contributed by atoms with E-state index in [0.717, 1.165) is 21.4 Å². The molecular weight excluding hydrogens is 443 g/mol. The second-order valence-corrected chi connectivity index (χ2v) is 7.68. The molecule has 0 unspecified atom stereocenters. The Morgan fingerprint density at radius 3 is 2.26 bits per heavy atom. The van der Waals surface area contributed by atoms with E-state index in [1.54, 1.807) is 18.2 Å². The van der Waals surface area contributed by atoms with Crippen LogP contribution >= 0.6 is 0 Å². The highest BCUT2D eigenvalue weighted by Crippen LogP contribution is 2.34. The van der Waals surface area contributed by atoms with Crippen LogP contribution in [-0.2, 0) is 6.18 Å². The first-order valence-electron chi connectivity index (χ1n) is 10.3. The molecule has 0 spiro atoms. The van der Waals surface area contributed by atoms with Gasteiger partial charge in [-0.3, -0.25) is 0 Å². The van der Waals surface area contributed by atoms with Crippen molar-refractivity contribution in [1.29, 1.82) is 0 Å². The number of benzene rings is 3. The number of fused-ring (bicyclic) bond motifs is 2. The third-order valence-electron chi connectivity index (χ3n) is 5.44. The predicted octanol–water partition coefficient (Wildman–Crippen LogP) is 6.29. The van der Waals surface area contributed by atoms with Gasteiger partial charge in [-0.1, -0.05) is 71.9 Å². The van der Waals surface area contributed by atoms with E-state index >= 15 is 0 Å². The maximum absolute atomic E-state index is 14.0. The SMILES string of the molecule is FC(F)(F)c1cc(-c2ccc3ccccc3c2)nc2cc(-c3nc(-c4ccccc4)no3)nn12. The van der Waals surface area contributed by atoms with Gasteiger partial charge in [0.05, 0.1) is 5.69 Å². The number of halogens is 3. The zero-order valence-electron chi connectivity index (χ0n) is 17.4. The molecule has 3 aromatic carbocycles. The first-order chi connectivity index (χ1) is 16.5. The molecule has 6 rings (SSSR count). The lowest BCUT2D eigenvalue weighted by Gasteiger charge is -2.11. The van der Waals surface area contributed by atoms with E-state index in [9.17, 15) is 13.2 Å². The first-order valence-corrected chi connectivity index (χ1v) is 10.3. The summed E-state index contributed by atoms with van der Waals surface area (Å²) >= 11 is 0. The molecule has 0 saturated carbocycles. The van der Waals surface area contributed by atoms with Crippen LogP contribution in [0.4, 0.5) is 13.2 Å². The molecule has 0 atom stereocenters. The van der Waals surface area contributed by atoms with Gasteiger partial charge < -0.3 is 4.52 Å². The minimum Gasteiger partial charge on any atom is -0.332 e. The van der Waals surface area contributed by atoms with E-state index in [-0.39, 0.29) is 22.9 Å². The number of nitrogens with zero attached hydrogens (tertiary/aromatic N) is 5. The molecule has 0 saturated heterocycles. The predicted molar refractivity (Wildman–Crippen MR) is 120 cm³/mol. The Balaban J connectivity index is 1.49. The van der Waals surface area contributed by atoms with Crippen molar-refractivity contribution >= 4 is 16.4 Å². The minimum absolute atomic E-state index is 0.00438. The molecule has 0 amide bonds. The van der Waals surface area contributed by atoms with Gasteiger partial charge in [0.25, 0.3) is 5.89 Å². The lowest BCUT2D eigenvalue weighted by atomic mass is 10.0. The van der Waals surface area contributed by atoms with E-state index in [2.05, 4.69) is 20.2 Å². The van der Waals surface area contributed by atoms with Gasteiger partial charge in [-0.2, -0.15) is 23.3 Å². The third-order valence-corrected chi connectivity index (χ3v) is 5.44. The largest absolute Gasteiger partial charge is 0.433 e. The molecule has 0 bridgehead atoms. The third kappa shape index (κ3) is 3.47. The summed E-state index contributed by atoms with van der Waals surface area (Å²) in [5.74, 6) is 0.318. The highest BCUT2D eigenvalue weighted by atomic mass is 19.4. The second-order valence-electron chi connectivity index (χ2n) is 7.68. The minimum atomic E-state index is -4.65. The fraction of sp³-hybridized carbons (Fsp3) is 0.0400. The van der Waals surface area contributed by atoms with Gasteiger partial charge in [0.2, 0.25) is 5.82 Å². The molecule has 0 aliphatic carbocycles. The summed E-state index contributed by atoms with van der Waals surface area (Å²) in [6.07, 6.45) is -4.65. The van der Waals surface area contributed by atoms with E-state index in [1.165, 1.54) is 6.07 Å². The Bertz CT molecular complexity index is 1650. The topological polar surface area (TPSA) is 69.1 Å². The van der Waals surface area contributed by atoms with Crippen LogP contribution in [0.1, 0.15) is 5.69 Å². The van der Waals surface area contributed by atoms with Crippen LogP contribution in [0.25, 0.3) is 50.6 Å². The molecule has 166 valence electrons. The van der Waals surface area contributed by atoms with Crippen molar-refractivity contribution in [3.8, 4) is 34.2 Å². The van der Waals surface area contributed by atoms with Gasteiger partial charge in [-0.05, 0) is 22.9 Å². The number of aromatic nitrogens is 5. The summed E-state index contributed by atoms with van der Waals surface area (Å²) in [5.41, 5.74) is 0.644. The lowest BCUT2D eigenvalue weighted by molar-refractivity contribution is -0.142. The van der Waals surface area contributed by atoms with Crippen LogP contribution < -0.4 is 0 Å². The number of hydrogen-bond donors (Lipinski definition) is 0. The van der Waals surface area contributed by atoms with Gasteiger partial charge in [0, 0.05) is 17.2 Å². The lowest BCUT2D eigenvalue weighted by Crippen LogP contribution is -2.13. The molecule has 9 heteroatoms. The molecule has 0 radical (unpaired) electrons. The van der Waals surface area contributed by atoms with E-state index in [4.69, 9.17) is 4.52 Å². The Morgan fingerprint density at radius 1 is 0.706 bits per heavy atom. The molecule has 6 aromatic rings. The van der Waals surface area contributed by atoms with E-state index < -0.39 is 11.9 Å². The molecule has 3 heterocycles. The van der Waals surface area contributed by atoms with Crippen molar-refractivity contribution < 1.29 is 17.7 Å². The molecule has 0 aliphatic heterocycles. The summed E-state index contributed by atoms with van der Waals surface area (Å²) < 4.78 is 47.9. The van der Waals surface area contributed by atoms with Crippen LogP contribution in [-0.4, -0.2) is 24.7 Å². The average Bonchev–Trinajstić information content (AvgIpc) is 3.50. The normalized spacial score (nSPS) is 12.0. The van der Waals surface area contributed by atoms with Gasteiger partial charge in [-0.25, -0.2) is 9.50 Å². The maximum Gasteiger partial charge on any atom is 0.433 e. The molecule has 34 heavy (non-hydrogen) atoms. The summed E-state index contributed by atoms with van der Waals surface area (Å²) in [5, 5.41) is 9.89. The quantitative estimate of drug-likeness (QED) is 0.313. The van der Waals surface area contributed by atoms with Crippen LogP contribution in [0, 0.1) is 0 Å². The first kappa shape index (κ1) is 20.1. The van der Waals surface area contributed by atoms with Crippen molar-refractivity contribution in [2.75, 3.05) is 0 Å². The second kappa shape index (κ2) is 7.51. The van der Waals surface area contributed by atoms with Crippen LogP contribution in [0.15, 0.2) is 89.5 Å². The van der Waals surface area contributed by atoms with Crippen LogP contribution in [0.5, 0.6) is 0 Å². The van der Waals surface area contributed by atoms with Gasteiger partial charge in [0.15, 0.2) is 17.0 Å². The van der Waals surface area contributed by atoms with Gasteiger partial charge in [-0.15, -0.1) is 0 Å². The van der Waals surface area contributed by atoms with Crippen molar-refractivity contribution in [3.63, 3.8) is 0 Å². The summed E-state index contributed by atoms with van der Waals surface area (Å²) in [6.45, 7) is 0. The Kier molecular flexibility index (Phi) is 4.44. The summed E-state index contributed by atoms with van der Waals surface area (Å²) in [4.78, 5) is 8.74. The number of hydrogen-bond acceptors (Lipinski definition) is 5. The van der Waals surface area contributed by atoms with Crippen molar-refractivity contribution in [2.45, 2.75) is 6.18 Å². The molecule has 3 aromatic heterocycles. The van der Waals surface area contributed by atoms with Gasteiger partial charge >= 0.3 is 6.18 Å². The number of alkyl halides is 3. The monoisotopic (exact) mass is 457 g/mol. The van der Waals surface area contributed by atoms with Crippen molar-refractivity contribution in [1.82, 2.24) is 24.7 Å². The fourth-order valence-corrected chi connectivity index (χ4v) is 3.81. The van der Waals surface area contributed by atoms with E-state index in [1.807, 2.05) is 54.6 Å². The zero-order chi connectivity index (χ0) is 23.3. The molecule has 0 fully saturated rings. The van der Waals surface area contributed by atoms with Crippen molar-refractivity contribution in [3.05, 3.63) is 90.6 Å². The smallest absolute Gasteiger partial charge is 0.332 e. The van der Waals surface area contributed by atoms with Gasteiger partial charge in [0.1, 0.15) is 0 Å². The number of rotatable bonds is 3. The van der Waals surface area contributed by atoms with Crippen LogP contribution in [0.3, 0.4) is 0 Å². The summed E-state index contributed by atoms with van der Waals surface area (Å²) in [7, 11) is 0. The fourth-order valence-electron chi connectivity index (χ4n) is 3.81. The molecule has 0 N–H and O–H groups in total. The molecule has 6 nitrogen and oxygen atoms in total.